The molecule has 1 aromatic rings. The lowest BCUT2D eigenvalue weighted by Crippen LogP contribution is -2.33. The van der Waals surface area contributed by atoms with E-state index in [4.69, 9.17) is 10.2 Å². The predicted molar refractivity (Wildman–Crippen MR) is 63.0 cm³/mol. The molecule has 0 aliphatic carbocycles. The molecule has 0 aliphatic heterocycles. The summed E-state index contributed by atoms with van der Waals surface area (Å²) in [5.74, 6) is 0.780. The molecule has 2 unspecified atom stereocenters. The molecule has 0 saturated heterocycles. The van der Waals surface area contributed by atoms with E-state index in [0.29, 0.717) is 13.0 Å². The van der Waals surface area contributed by atoms with Crippen LogP contribution in [-0.2, 0) is 4.79 Å². The van der Waals surface area contributed by atoms with Crippen LogP contribution in [0.2, 0.25) is 0 Å². The maximum atomic E-state index is 11.7. The Balaban J connectivity index is 2.48. The van der Waals surface area contributed by atoms with Gasteiger partial charge in [-0.1, -0.05) is 6.92 Å². The van der Waals surface area contributed by atoms with Crippen molar-refractivity contribution in [3.63, 3.8) is 0 Å². The van der Waals surface area contributed by atoms with Gasteiger partial charge in [0.1, 0.15) is 5.76 Å². The van der Waals surface area contributed by atoms with Crippen LogP contribution in [0.25, 0.3) is 0 Å². The number of rotatable bonds is 6. The Kier molecular flexibility index (Phi) is 5.05. The van der Waals surface area contributed by atoms with Gasteiger partial charge in [-0.3, -0.25) is 4.79 Å². The van der Waals surface area contributed by atoms with E-state index in [-0.39, 0.29) is 17.9 Å². The SMILES string of the molecule is CCC(C)NC(=O)CC(CN)c1ccco1. The van der Waals surface area contributed by atoms with Gasteiger partial charge in [-0.25, -0.2) is 0 Å². The van der Waals surface area contributed by atoms with Crippen LogP contribution in [0, 0.1) is 0 Å². The van der Waals surface area contributed by atoms with Crippen LogP contribution in [0.4, 0.5) is 0 Å². The Hall–Kier alpha value is -1.29. The number of hydrogen-bond acceptors (Lipinski definition) is 3. The van der Waals surface area contributed by atoms with Gasteiger partial charge in [0.25, 0.3) is 0 Å². The molecule has 4 nitrogen and oxygen atoms in total. The van der Waals surface area contributed by atoms with E-state index in [1.54, 1.807) is 6.26 Å². The van der Waals surface area contributed by atoms with E-state index in [1.807, 2.05) is 26.0 Å². The number of nitrogens with two attached hydrogens (primary N) is 1. The molecule has 0 bridgehead atoms. The second-order valence-corrected chi connectivity index (χ2v) is 4.03. The molecule has 0 aromatic carbocycles. The molecule has 0 aliphatic rings. The highest BCUT2D eigenvalue weighted by Gasteiger charge is 2.17. The largest absolute Gasteiger partial charge is 0.469 e. The van der Waals surface area contributed by atoms with Crippen molar-refractivity contribution in [1.82, 2.24) is 5.32 Å². The first kappa shape index (κ1) is 12.8. The minimum atomic E-state index is -0.0287. The first-order valence-corrected chi connectivity index (χ1v) is 5.70. The molecule has 1 heterocycles. The normalized spacial score (nSPS) is 14.4. The average Bonchev–Trinajstić information content (AvgIpc) is 2.79. The standard InChI is InChI=1S/C12H20N2O2/c1-3-9(2)14-12(15)7-10(8-13)11-5-4-6-16-11/h4-6,9-10H,3,7-8,13H2,1-2H3,(H,14,15). The van der Waals surface area contributed by atoms with Crippen molar-refractivity contribution in [2.45, 2.75) is 38.6 Å². The van der Waals surface area contributed by atoms with Gasteiger partial charge in [0.15, 0.2) is 0 Å². The maximum Gasteiger partial charge on any atom is 0.220 e. The lowest BCUT2D eigenvalue weighted by atomic mass is 10.0. The fraction of sp³-hybridized carbons (Fsp3) is 0.583. The van der Waals surface area contributed by atoms with E-state index >= 15 is 0 Å². The summed E-state index contributed by atoms with van der Waals surface area (Å²) >= 11 is 0. The van der Waals surface area contributed by atoms with Crippen molar-refractivity contribution in [2.75, 3.05) is 6.54 Å². The van der Waals surface area contributed by atoms with Gasteiger partial charge in [0, 0.05) is 24.9 Å². The highest BCUT2D eigenvalue weighted by molar-refractivity contribution is 5.77. The number of carbonyl (C=O) groups is 1. The molecular weight excluding hydrogens is 204 g/mol. The predicted octanol–water partition coefficient (Wildman–Crippen LogP) is 1.63. The summed E-state index contributed by atoms with van der Waals surface area (Å²) in [5.41, 5.74) is 5.64. The van der Waals surface area contributed by atoms with Gasteiger partial charge in [-0.05, 0) is 25.5 Å². The zero-order valence-electron chi connectivity index (χ0n) is 9.90. The second kappa shape index (κ2) is 6.33. The molecule has 0 spiro atoms. The summed E-state index contributed by atoms with van der Waals surface area (Å²) in [6.07, 6.45) is 2.92. The fourth-order valence-corrected chi connectivity index (χ4v) is 1.48. The second-order valence-electron chi connectivity index (χ2n) is 4.03. The summed E-state index contributed by atoms with van der Waals surface area (Å²) in [4.78, 5) is 11.7. The molecule has 1 amide bonds. The third-order valence-electron chi connectivity index (χ3n) is 2.68. The van der Waals surface area contributed by atoms with E-state index in [2.05, 4.69) is 5.32 Å². The zero-order valence-corrected chi connectivity index (χ0v) is 9.90. The van der Waals surface area contributed by atoms with Gasteiger partial charge in [0.05, 0.1) is 6.26 Å². The van der Waals surface area contributed by atoms with E-state index in [1.165, 1.54) is 0 Å². The first-order valence-electron chi connectivity index (χ1n) is 5.70. The van der Waals surface area contributed by atoms with Gasteiger partial charge in [-0.2, -0.15) is 0 Å². The van der Waals surface area contributed by atoms with Gasteiger partial charge < -0.3 is 15.5 Å². The van der Waals surface area contributed by atoms with Crippen molar-refractivity contribution < 1.29 is 9.21 Å². The minimum absolute atomic E-state index is 0.0287. The van der Waals surface area contributed by atoms with Crippen molar-refractivity contribution >= 4 is 5.91 Å². The first-order chi connectivity index (χ1) is 7.67. The zero-order chi connectivity index (χ0) is 12.0. The summed E-state index contributed by atoms with van der Waals surface area (Å²) in [6, 6.07) is 3.88. The number of nitrogens with one attached hydrogen (secondary N) is 1. The smallest absolute Gasteiger partial charge is 0.220 e. The summed E-state index contributed by atoms with van der Waals surface area (Å²) in [7, 11) is 0. The topological polar surface area (TPSA) is 68.3 Å². The van der Waals surface area contributed by atoms with Crippen LogP contribution in [0.15, 0.2) is 22.8 Å². The average molecular weight is 224 g/mol. The summed E-state index contributed by atoms with van der Waals surface area (Å²) in [5, 5.41) is 2.92. The van der Waals surface area contributed by atoms with Crippen LogP contribution >= 0.6 is 0 Å². The van der Waals surface area contributed by atoms with Gasteiger partial charge in [-0.15, -0.1) is 0 Å². The third kappa shape index (κ3) is 3.70. The van der Waals surface area contributed by atoms with Crippen LogP contribution in [0.1, 0.15) is 38.4 Å². The third-order valence-corrected chi connectivity index (χ3v) is 2.68. The molecule has 4 heteroatoms. The number of furan rings is 1. The molecule has 1 aromatic heterocycles. The molecule has 0 radical (unpaired) electrons. The molecular formula is C12H20N2O2. The van der Waals surface area contributed by atoms with Crippen LogP contribution < -0.4 is 11.1 Å². The van der Waals surface area contributed by atoms with Crippen molar-refractivity contribution in [2.24, 2.45) is 5.73 Å². The Morgan fingerprint density at radius 1 is 1.62 bits per heavy atom. The monoisotopic (exact) mass is 224 g/mol. The summed E-state index contributed by atoms with van der Waals surface area (Å²) in [6.45, 7) is 4.45. The molecule has 90 valence electrons. The molecule has 0 saturated carbocycles. The Labute approximate surface area is 96.2 Å². The van der Waals surface area contributed by atoms with E-state index < -0.39 is 0 Å². The number of carbonyl (C=O) groups excluding carboxylic acids is 1. The van der Waals surface area contributed by atoms with Crippen LogP contribution in [-0.4, -0.2) is 18.5 Å². The quantitative estimate of drug-likeness (QED) is 0.771. The van der Waals surface area contributed by atoms with E-state index in [9.17, 15) is 4.79 Å². The van der Waals surface area contributed by atoms with Crippen molar-refractivity contribution in [3.05, 3.63) is 24.2 Å². The highest BCUT2D eigenvalue weighted by atomic mass is 16.3. The van der Waals surface area contributed by atoms with Gasteiger partial charge >= 0.3 is 0 Å². The fourth-order valence-electron chi connectivity index (χ4n) is 1.48. The Morgan fingerprint density at radius 3 is 2.88 bits per heavy atom. The number of hydrogen-bond donors (Lipinski definition) is 2. The van der Waals surface area contributed by atoms with E-state index in [0.717, 1.165) is 12.2 Å². The lowest BCUT2D eigenvalue weighted by molar-refractivity contribution is -0.122. The highest BCUT2D eigenvalue weighted by Crippen LogP contribution is 2.18. The van der Waals surface area contributed by atoms with Crippen molar-refractivity contribution in [1.29, 1.82) is 0 Å². The summed E-state index contributed by atoms with van der Waals surface area (Å²) < 4.78 is 5.26. The van der Waals surface area contributed by atoms with Crippen LogP contribution in [0.5, 0.6) is 0 Å². The molecule has 16 heavy (non-hydrogen) atoms. The molecule has 0 fully saturated rings. The van der Waals surface area contributed by atoms with Crippen LogP contribution in [0.3, 0.4) is 0 Å². The maximum absolute atomic E-state index is 11.7. The Bertz CT molecular complexity index is 309. The lowest BCUT2D eigenvalue weighted by Gasteiger charge is -2.15. The molecule has 2 atom stereocenters. The molecule has 1 rings (SSSR count). The molecule has 3 N–H and O–H groups in total. The van der Waals surface area contributed by atoms with Gasteiger partial charge in [0.2, 0.25) is 5.91 Å². The number of amides is 1. The van der Waals surface area contributed by atoms with Crippen molar-refractivity contribution in [3.8, 4) is 0 Å². The minimum Gasteiger partial charge on any atom is -0.469 e. The Morgan fingerprint density at radius 2 is 2.38 bits per heavy atom.